The second-order valence-electron chi connectivity index (χ2n) is 6.31. The zero-order valence-corrected chi connectivity index (χ0v) is 15.4. The molecule has 0 N–H and O–H groups in total. The number of methoxy groups -OCH3 is 1. The summed E-state index contributed by atoms with van der Waals surface area (Å²) in [4.78, 5) is 8.21. The molecule has 0 saturated carbocycles. The minimum atomic E-state index is -4.58. The van der Waals surface area contributed by atoms with Crippen molar-refractivity contribution in [1.29, 1.82) is 0 Å². The molecular formula is C22H16F3N3O. The number of imidazole rings is 1. The molecule has 0 unspecified atom stereocenters. The van der Waals surface area contributed by atoms with E-state index in [4.69, 9.17) is 4.74 Å². The van der Waals surface area contributed by atoms with Crippen molar-refractivity contribution in [3.63, 3.8) is 0 Å². The first-order valence-corrected chi connectivity index (χ1v) is 8.79. The Morgan fingerprint density at radius 1 is 0.966 bits per heavy atom. The molecule has 0 atom stereocenters. The molecule has 0 fully saturated rings. The Kier molecular flexibility index (Phi) is 4.80. The van der Waals surface area contributed by atoms with Gasteiger partial charge in [-0.3, -0.25) is 9.56 Å². The van der Waals surface area contributed by atoms with E-state index in [1.54, 1.807) is 61.9 Å². The highest BCUT2D eigenvalue weighted by atomic mass is 19.4. The lowest BCUT2D eigenvalue weighted by atomic mass is 10.2. The van der Waals surface area contributed by atoms with Gasteiger partial charge in [0.25, 0.3) is 0 Å². The first kappa shape index (κ1) is 18.7. The molecule has 1 heterocycles. The van der Waals surface area contributed by atoms with Crippen molar-refractivity contribution < 1.29 is 17.9 Å². The minimum absolute atomic E-state index is 0.227. The Morgan fingerprint density at radius 3 is 2.34 bits per heavy atom. The number of nitrogens with zero attached hydrogens (tertiary/aromatic N) is 3. The van der Waals surface area contributed by atoms with Gasteiger partial charge in [0.1, 0.15) is 5.75 Å². The molecule has 1 aromatic heterocycles. The molecule has 0 bridgehead atoms. The molecule has 146 valence electrons. The number of ether oxygens (including phenoxy) is 1. The molecule has 0 aliphatic carbocycles. The van der Waals surface area contributed by atoms with Crippen molar-refractivity contribution in [2.75, 3.05) is 7.11 Å². The van der Waals surface area contributed by atoms with Gasteiger partial charge in [0, 0.05) is 11.9 Å². The van der Waals surface area contributed by atoms with Gasteiger partial charge in [-0.15, -0.1) is 0 Å². The van der Waals surface area contributed by atoms with Crippen LogP contribution < -0.4 is 4.74 Å². The smallest absolute Gasteiger partial charge is 0.450 e. The van der Waals surface area contributed by atoms with Crippen molar-refractivity contribution in [2.24, 2.45) is 4.99 Å². The number of aliphatic imine (C=N–C) groups is 1. The predicted molar refractivity (Wildman–Crippen MR) is 106 cm³/mol. The third-order valence-electron chi connectivity index (χ3n) is 4.38. The van der Waals surface area contributed by atoms with Crippen molar-refractivity contribution in [1.82, 2.24) is 9.55 Å². The van der Waals surface area contributed by atoms with Crippen LogP contribution in [0.4, 0.5) is 18.9 Å². The number of alkyl halides is 3. The fourth-order valence-electron chi connectivity index (χ4n) is 3.02. The molecule has 3 aromatic carbocycles. The Balaban J connectivity index is 1.75. The maximum absolute atomic E-state index is 13.6. The zero-order valence-electron chi connectivity index (χ0n) is 15.4. The lowest BCUT2D eigenvalue weighted by molar-refractivity contribution is -0.145. The van der Waals surface area contributed by atoms with Crippen molar-refractivity contribution in [3.8, 4) is 11.4 Å². The highest BCUT2D eigenvalue weighted by Crippen LogP contribution is 2.34. The average molecular weight is 395 g/mol. The van der Waals surface area contributed by atoms with Crippen LogP contribution in [-0.2, 0) is 6.18 Å². The molecular weight excluding hydrogens is 379 g/mol. The summed E-state index contributed by atoms with van der Waals surface area (Å²) in [5.74, 6) is -0.232. The van der Waals surface area contributed by atoms with Crippen molar-refractivity contribution in [2.45, 2.75) is 6.18 Å². The van der Waals surface area contributed by atoms with Gasteiger partial charge in [-0.05, 0) is 60.2 Å². The second-order valence-corrected chi connectivity index (χ2v) is 6.31. The number of rotatable bonds is 4. The van der Waals surface area contributed by atoms with E-state index in [-0.39, 0.29) is 5.52 Å². The van der Waals surface area contributed by atoms with Gasteiger partial charge >= 0.3 is 6.18 Å². The molecule has 4 rings (SSSR count). The lowest BCUT2D eigenvalue weighted by Gasteiger charge is -2.11. The van der Waals surface area contributed by atoms with Crippen molar-refractivity contribution in [3.05, 3.63) is 84.2 Å². The summed E-state index contributed by atoms with van der Waals surface area (Å²) in [6.45, 7) is 0. The van der Waals surface area contributed by atoms with E-state index in [0.29, 0.717) is 16.9 Å². The van der Waals surface area contributed by atoms with E-state index >= 15 is 0 Å². The van der Waals surface area contributed by atoms with Gasteiger partial charge in [0.15, 0.2) is 0 Å². The van der Waals surface area contributed by atoms with Gasteiger partial charge < -0.3 is 4.74 Å². The van der Waals surface area contributed by atoms with E-state index in [9.17, 15) is 13.2 Å². The summed E-state index contributed by atoms with van der Waals surface area (Å²) < 4.78 is 47.0. The van der Waals surface area contributed by atoms with E-state index in [1.807, 2.05) is 24.3 Å². The Labute approximate surface area is 164 Å². The summed E-state index contributed by atoms with van der Waals surface area (Å²) in [6, 6.07) is 20.5. The summed E-state index contributed by atoms with van der Waals surface area (Å²) in [5, 5.41) is 0. The Hall–Kier alpha value is -3.61. The van der Waals surface area contributed by atoms with Gasteiger partial charge in [-0.1, -0.05) is 18.2 Å². The fourth-order valence-corrected chi connectivity index (χ4v) is 3.02. The first-order valence-electron chi connectivity index (χ1n) is 8.79. The SMILES string of the molecule is COc1ccc(C=Nc2ccc3c(c2)nc(C(F)(F)F)n3-c2ccccc2)cc1. The molecule has 4 nitrogen and oxygen atoms in total. The summed E-state index contributed by atoms with van der Waals surface area (Å²) >= 11 is 0. The number of hydrogen-bond donors (Lipinski definition) is 0. The number of fused-ring (bicyclic) bond motifs is 1. The summed E-state index contributed by atoms with van der Waals surface area (Å²) in [7, 11) is 1.59. The second kappa shape index (κ2) is 7.43. The monoisotopic (exact) mass is 395 g/mol. The molecule has 0 amide bonds. The fraction of sp³-hybridized carbons (Fsp3) is 0.0909. The highest BCUT2D eigenvalue weighted by Gasteiger charge is 2.38. The zero-order chi connectivity index (χ0) is 20.4. The number of aromatic nitrogens is 2. The van der Waals surface area contributed by atoms with Gasteiger partial charge in [-0.25, -0.2) is 4.98 Å². The van der Waals surface area contributed by atoms with Crippen LogP contribution in [0.25, 0.3) is 16.7 Å². The van der Waals surface area contributed by atoms with Crippen LogP contribution in [0.5, 0.6) is 5.75 Å². The maximum Gasteiger partial charge on any atom is 0.450 e. The molecule has 7 heteroatoms. The van der Waals surface area contributed by atoms with Gasteiger partial charge in [-0.2, -0.15) is 13.2 Å². The standard InChI is InChI=1S/C22H16F3N3O/c1-29-18-10-7-15(8-11-18)14-26-16-9-12-20-19(13-16)27-21(22(23,24)25)28(20)17-5-3-2-4-6-17/h2-14H,1H3. The molecule has 0 saturated heterocycles. The van der Waals surface area contributed by atoms with Crippen LogP contribution in [0, 0.1) is 0 Å². The van der Waals surface area contributed by atoms with Gasteiger partial charge in [0.2, 0.25) is 5.82 Å². The van der Waals surface area contributed by atoms with Gasteiger partial charge in [0.05, 0.1) is 23.8 Å². The van der Waals surface area contributed by atoms with Crippen molar-refractivity contribution >= 4 is 22.9 Å². The summed E-state index contributed by atoms with van der Waals surface area (Å²) in [5.41, 5.74) is 2.35. The maximum atomic E-state index is 13.6. The average Bonchev–Trinajstić information content (AvgIpc) is 3.12. The molecule has 0 aliphatic rings. The molecule has 4 aromatic rings. The predicted octanol–water partition coefficient (Wildman–Crippen LogP) is 5.80. The van der Waals surface area contributed by atoms with Crippen LogP contribution in [0.15, 0.2) is 77.8 Å². The van der Waals surface area contributed by atoms with Crippen LogP contribution in [-0.4, -0.2) is 22.9 Å². The van der Waals surface area contributed by atoms with E-state index < -0.39 is 12.0 Å². The van der Waals surface area contributed by atoms with E-state index in [1.165, 1.54) is 0 Å². The number of hydrogen-bond acceptors (Lipinski definition) is 3. The molecule has 0 radical (unpaired) electrons. The highest BCUT2D eigenvalue weighted by molar-refractivity contribution is 5.85. The quantitative estimate of drug-likeness (QED) is 0.410. The van der Waals surface area contributed by atoms with Crippen LogP contribution in [0.1, 0.15) is 11.4 Å². The van der Waals surface area contributed by atoms with Crippen LogP contribution in [0.3, 0.4) is 0 Å². The first-order chi connectivity index (χ1) is 14.0. The number of halogens is 3. The molecule has 29 heavy (non-hydrogen) atoms. The topological polar surface area (TPSA) is 39.4 Å². The lowest BCUT2D eigenvalue weighted by Crippen LogP contribution is -2.13. The minimum Gasteiger partial charge on any atom is -0.497 e. The van der Waals surface area contributed by atoms with E-state index in [0.717, 1.165) is 15.9 Å². The Morgan fingerprint density at radius 2 is 1.69 bits per heavy atom. The molecule has 0 aliphatic heterocycles. The van der Waals surface area contributed by atoms with Crippen LogP contribution >= 0.6 is 0 Å². The third kappa shape index (κ3) is 3.85. The Bertz CT molecular complexity index is 1160. The largest absolute Gasteiger partial charge is 0.497 e. The number of para-hydroxylation sites is 1. The molecule has 0 spiro atoms. The van der Waals surface area contributed by atoms with E-state index in [2.05, 4.69) is 9.98 Å². The third-order valence-corrected chi connectivity index (χ3v) is 4.38. The van der Waals surface area contributed by atoms with Crippen LogP contribution in [0.2, 0.25) is 0 Å². The summed E-state index contributed by atoms with van der Waals surface area (Å²) in [6.07, 6.45) is -2.94. The number of benzene rings is 3. The normalized spacial score (nSPS) is 12.0.